The lowest BCUT2D eigenvalue weighted by Crippen LogP contribution is -1.80. The van der Waals surface area contributed by atoms with E-state index in [1.54, 1.807) is 6.08 Å². The van der Waals surface area contributed by atoms with Crippen molar-refractivity contribution in [3.63, 3.8) is 0 Å². The van der Waals surface area contributed by atoms with Crippen LogP contribution in [0.25, 0.3) is 6.08 Å². The highest BCUT2D eigenvalue weighted by atomic mass is 17.1. The molecule has 1 aromatic carbocycles. The van der Waals surface area contributed by atoms with E-state index in [0.717, 1.165) is 5.56 Å². The molecule has 1 N–H and O–H groups in total. The summed E-state index contributed by atoms with van der Waals surface area (Å²) in [5.41, 5.74) is 1.10. The summed E-state index contributed by atoms with van der Waals surface area (Å²) in [6.45, 7) is 0.231. The summed E-state index contributed by atoms with van der Waals surface area (Å²) in [5.74, 6) is 0. The SMILES string of the molecule is OOCC=Cc1ccccc1. The maximum Gasteiger partial charge on any atom is 0.100 e. The maximum absolute atomic E-state index is 7.99. The second kappa shape index (κ2) is 4.66. The van der Waals surface area contributed by atoms with Crippen LogP contribution in [-0.4, -0.2) is 11.9 Å². The molecule has 58 valence electrons. The summed E-state index contributed by atoms with van der Waals surface area (Å²) in [5, 5.41) is 7.99. The van der Waals surface area contributed by atoms with Gasteiger partial charge in [0.15, 0.2) is 0 Å². The van der Waals surface area contributed by atoms with E-state index in [9.17, 15) is 0 Å². The van der Waals surface area contributed by atoms with E-state index < -0.39 is 0 Å². The van der Waals surface area contributed by atoms with Crippen molar-refractivity contribution in [1.82, 2.24) is 0 Å². The molecule has 1 aromatic rings. The molecule has 0 radical (unpaired) electrons. The molecule has 0 aliphatic carbocycles. The average molecular weight is 150 g/mol. The van der Waals surface area contributed by atoms with Crippen LogP contribution in [0.4, 0.5) is 0 Å². The van der Waals surface area contributed by atoms with Crippen LogP contribution in [0.15, 0.2) is 36.4 Å². The van der Waals surface area contributed by atoms with Crippen LogP contribution in [0.1, 0.15) is 5.56 Å². The second-order valence-electron chi connectivity index (χ2n) is 2.11. The number of hydrogen-bond donors (Lipinski definition) is 1. The zero-order valence-electron chi connectivity index (χ0n) is 6.10. The number of hydrogen-bond acceptors (Lipinski definition) is 2. The van der Waals surface area contributed by atoms with Crippen LogP contribution in [-0.2, 0) is 4.89 Å². The monoisotopic (exact) mass is 150 g/mol. The molecule has 0 fully saturated rings. The lowest BCUT2D eigenvalue weighted by atomic mass is 10.2. The van der Waals surface area contributed by atoms with Gasteiger partial charge in [-0.15, -0.1) is 0 Å². The van der Waals surface area contributed by atoms with Gasteiger partial charge in [0.2, 0.25) is 0 Å². The number of benzene rings is 1. The van der Waals surface area contributed by atoms with Crippen LogP contribution in [0.3, 0.4) is 0 Å². The Kier molecular flexibility index (Phi) is 3.38. The minimum atomic E-state index is 0.231. The molecule has 2 nitrogen and oxygen atoms in total. The molecule has 0 saturated carbocycles. The van der Waals surface area contributed by atoms with E-state index in [4.69, 9.17) is 5.26 Å². The van der Waals surface area contributed by atoms with Crippen LogP contribution in [0.2, 0.25) is 0 Å². The van der Waals surface area contributed by atoms with Crippen molar-refractivity contribution in [1.29, 1.82) is 0 Å². The summed E-state index contributed by atoms with van der Waals surface area (Å²) in [7, 11) is 0. The van der Waals surface area contributed by atoms with Gasteiger partial charge in [-0.2, -0.15) is 0 Å². The molecule has 11 heavy (non-hydrogen) atoms. The fourth-order valence-electron chi connectivity index (χ4n) is 0.791. The standard InChI is InChI=1S/C9H10O2/c10-11-8-4-7-9-5-2-1-3-6-9/h1-7,10H,8H2. The van der Waals surface area contributed by atoms with E-state index >= 15 is 0 Å². The molecular formula is C9H10O2. The fourth-order valence-corrected chi connectivity index (χ4v) is 0.791. The predicted octanol–water partition coefficient (Wildman–Crippen LogP) is 2.19. The van der Waals surface area contributed by atoms with Crippen LogP contribution in [0.5, 0.6) is 0 Å². The lowest BCUT2D eigenvalue weighted by Gasteiger charge is -1.89. The van der Waals surface area contributed by atoms with Gasteiger partial charge in [-0.25, -0.2) is 4.89 Å². The van der Waals surface area contributed by atoms with Crippen LogP contribution < -0.4 is 0 Å². The minimum absolute atomic E-state index is 0.231. The smallest absolute Gasteiger partial charge is 0.100 e. The van der Waals surface area contributed by atoms with Crippen molar-refractivity contribution >= 4 is 6.08 Å². The highest BCUT2D eigenvalue weighted by Gasteiger charge is 1.80. The first-order valence-corrected chi connectivity index (χ1v) is 3.41. The molecule has 0 bridgehead atoms. The average Bonchev–Trinajstić information content (AvgIpc) is 2.07. The van der Waals surface area contributed by atoms with Gasteiger partial charge in [0.25, 0.3) is 0 Å². The third kappa shape index (κ3) is 2.98. The van der Waals surface area contributed by atoms with Crippen molar-refractivity contribution in [2.24, 2.45) is 0 Å². The molecule has 1 rings (SSSR count). The largest absolute Gasteiger partial charge is 0.252 e. The Balaban J connectivity index is 2.50. The quantitative estimate of drug-likeness (QED) is 0.528. The first-order chi connectivity index (χ1) is 5.43. The van der Waals surface area contributed by atoms with Crippen molar-refractivity contribution in [3.05, 3.63) is 42.0 Å². The Hall–Kier alpha value is -1.12. The second-order valence-corrected chi connectivity index (χ2v) is 2.11. The third-order valence-electron chi connectivity index (χ3n) is 1.28. The van der Waals surface area contributed by atoms with E-state index in [2.05, 4.69) is 4.89 Å². The molecule has 0 saturated heterocycles. The first kappa shape index (κ1) is 7.98. The first-order valence-electron chi connectivity index (χ1n) is 3.41. The lowest BCUT2D eigenvalue weighted by molar-refractivity contribution is -0.231. The molecule has 0 heterocycles. The van der Waals surface area contributed by atoms with Crippen molar-refractivity contribution in [2.75, 3.05) is 6.61 Å². The van der Waals surface area contributed by atoms with Crippen molar-refractivity contribution in [2.45, 2.75) is 0 Å². The third-order valence-corrected chi connectivity index (χ3v) is 1.28. The van der Waals surface area contributed by atoms with Crippen LogP contribution in [0, 0.1) is 0 Å². The summed E-state index contributed by atoms with van der Waals surface area (Å²) < 4.78 is 0. The zero-order valence-corrected chi connectivity index (χ0v) is 6.10. The van der Waals surface area contributed by atoms with E-state index in [0.29, 0.717) is 0 Å². The van der Waals surface area contributed by atoms with Gasteiger partial charge < -0.3 is 0 Å². The predicted molar refractivity (Wildman–Crippen MR) is 44.1 cm³/mol. The molecule has 0 unspecified atom stereocenters. The molecule has 0 amide bonds. The fraction of sp³-hybridized carbons (Fsp3) is 0.111. The van der Waals surface area contributed by atoms with E-state index in [1.807, 2.05) is 36.4 Å². The van der Waals surface area contributed by atoms with Crippen molar-refractivity contribution in [3.8, 4) is 0 Å². The Morgan fingerprint density at radius 3 is 2.64 bits per heavy atom. The minimum Gasteiger partial charge on any atom is -0.252 e. The molecule has 0 aliphatic heterocycles. The maximum atomic E-state index is 7.99. The molecule has 0 aliphatic rings. The topological polar surface area (TPSA) is 29.5 Å². The molecular weight excluding hydrogens is 140 g/mol. The van der Waals surface area contributed by atoms with E-state index in [-0.39, 0.29) is 6.61 Å². The summed E-state index contributed by atoms with van der Waals surface area (Å²) in [4.78, 5) is 3.88. The summed E-state index contributed by atoms with van der Waals surface area (Å²) in [6.07, 6.45) is 3.63. The van der Waals surface area contributed by atoms with Gasteiger partial charge in [-0.05, 0) is 5.56 Å². The Morgan fingerprint density at radius 2 is 2.00 bits per heavy atom. The number of rotatable bonds is 3. The zero-order chi connectivity index (χ0) is 7.94. The van der Waals surface area contributed by atoms with Gasteiger partial charge in [0.05, 0.1) is 0 Å². The van der Waals surface area contributed by atoms with Gasteiger partial charge >= 0.3 is 0 Å². The Bertz CT molecular complexity index is 216. The highest BCUT2D eigenvalue weighted by molar-refractivity contribution is 5.48. The van der Waals surface area contributed by atoms with Gasteiger partial charge in [-0.3, -0.25) is 5.26 Å². The van der Waals surface area contributed by atoms with Gasteiger partial charge in [0.1, 0.15) is 6.61 Å². The molecule has 0 aromatic heterocycles. The Morgan fingerprint density at radius 1 is 1.27 bits per heavy atom. The Labute approximate surface area is 65.7 Å². The molecule has 2 heteroatoms. The molecule has 0 spiro atoms. The van der Waals surface area contributed by atoms with Gasteiger partial charge in [-0.1, -0.05) is 42.5 Å². The molecule has 0 atom stereocenters. The highest BCUT2D eigenvalue weighted by Crippen LogP contribution is 1.99. The normalized spacial score (nSPS) is 10.6. The van der Waals surface area contributed by atoms with E-state index in [1.165, 1.54) is 0 Å². The summed E-state index contributed by atoms with van der Waals surface area (Å²) in [6, 6.07) is 9.83. The summed E-state index contributed by atoms with van der Waals surface area (Å²) >= 11 is 0. The van der Waals surface area contributed by atoms with Crippen LogP contribution >= 0.6 is 0 Å². The van der Waals surface area contributed by atoms with Crippen molar-refractivity contribution < 1.29 is 10.1 Å². The van der Waals surface area contributed by atoms with Gasteiger partial charge in [0, 0.05) is 0 Å².